The van der Waals surface area contributed by atoms with Gasteiger partial charge in [0.15, 0.2) is 0 Å². The molecule has 0 saturated heterocycles. The van der Waals surface area contributed by atoms with Crippen LogP contribution in [-0.4, -0.2) is 18.3 Å². The van der Waals surface area contributed by atoms with Gasteiger partial charge in [0.05, 0.1) is 6.54 Å². The lowest BCUT2D eigenvalue weighted by Crippen LogP contribution is -2.25. The van der Waals surface area contributed by atoms with Gasteiger partial charge < -0.3 is 0 Å². The lowest BCUT2D eigenvalue weighted by molar-refractivity contribution is 0.138. The quantitative estimate of drug-likeness (QED) is 0.444. The van der Waals surface area contributed by atoms with Crippen molar-refractivity contribution >= 4 is 6.08 Å². The monoisotopic (exact) mass is 157 g/mol. The number of halogens is 1. The molecular formula is C8H12FNO. The van der Waals surface area contributed by atoms with Crippen LogP contribution in [0.15, 0.2) is 4.99 Å². The molecule has 0 N–H and O–H groups in total. The van der Waals surface area contributed by atoms with E-state index in [0.717, 1.165) is 12.8 Å². The predicted octanol–water partition coefficient (Wildman–Crippen LogP) is 1.85. The standard InChI is InChI=1S/C8H12FNO/c1-8(9)4-2-3-7(8)5-10-6-11/h7H,2-5H2,1H3. The summed E-state index contributed by atoms with van der Waals surface area (Å²) in [7, 11) is 0. The zero-order chi connectivity index (χ0) is 8.32. The van der Waals surface area contributed by atoms with Crippen molar-refractivity contribution in [3.8, 4) is 0 Å². The van der Waals surface area contributed by atoms with Gasteiger partial charge in [0.1, 0.15) is 5.67 Å². The molecule has 0 heterocycles. The number of aliphatic imine (C=N–C) groups is 1. The predicted molar refractivity (Wildman–Crippen MR) is 39.8 cm³/mol. The van der Waals surface area contributed by atoms with Crippen LogP contribution in [0, 0.1) is 5.92 Å². The molecule has 2 nitrogen and oxygen atoms in total. The Bertz CT molecular complexity index is 185. The van der Waals surface area contributed by atoms with Crippen LogP contribution in [-0.2, 0) is 4.79 Å². The van der Waals surface area contributed by atoms with Crippen molar-refractivity contribution in [1.82, 2.24) is 0 Å². The third-order valence-corrected chi connectivity index (χ3v) is 2.45. The third kappa shape index (κ3) is 1.87. The van der Waals surface area contributed by atoms with E-state index in [1.165, 1.54) is 6.08 Å². The Labute approximate surface area is 65.5 Å². The molecular weight excluding hydrogens is 145 g/mol. The van der Waals surface area contributed by atoms with E-state index in [-0.39, 0.29) is 5.92 Å². The molecule has 0 bridgehead atoms. The summed E-state index contributed by atoms with van der Waals surface area (Å²) in [6.07, 6.45) is 3.80. The normalized spacial score (nSPS) is 36.7. The summed E-state index contributed by atoms with van der Waals surface area (Å²) in [6.45, 7) is 1.89. The zero-order valence-electron chi connectivity index (χ0n) is 6.64. The fraction of sp³-hybridized carbons (Fsp3) is 0.875. The highest BCUT2D eigenvalue weighted by Crippen LogP contribution is 2.38. The molecule has 1 fully saturated rings. The second kappa shape index (κ2) is 3.14. The Morgan fingerprint density at radius 2 is 2.55 bits per heavy atom. The van der Waals surface area contributed by atoms with Crippen molar-refractivity contribution in [1.29, 1.82) is 0 Å². The second-order valence-corrected chi connectivity index (χ2v) is 3.30. The largest absolute Gasteiger partial charge is 0.244 e. The number of isocyanates is 1. The Morgan fingerprint density at radius 1 is 1.82 bits per heavy atom. The molecule has 0 aromatic heterocycles. The summed E-state index contributed by atoms with van der Waals surface area (Å²) >= 11 is 0. The topological polar surface area (TPSA) is 29.4 Å². The van der Waals surface area contributed by atoms with Gasteiger partial charge in [-0.1, -0.05) is 0 Å². The zero-order valence-corrected chi connectivity index (χ0v) is 6.64. The first-order chi connectivity index (χ1) is 5.17. The molecule has 1 saturated carbocycles. The SMILES string of the molecule is CC1(F)CCCC1CN=C=O. The third-order valence-electron chi connectivity index (χ3n) is 2.45. The highest BCUT2D eigenvalue weighted by atomic mass is 19.1. The van der Waals surface area contributed by atoms with E-state index >= 15 is 0 Å². The lowest BCUT2D eigenvalue weighted by atomic mass is 9.95. The van der Waals surface area contributed by atoms with E-state index in [2.05, 4.69) is 4.99 Å². The summed E-state index contributed by atoms with van der Waals surface area (Å²) in [5.74, 6) is -0.0658. The number of rotatable bonds is 2. The minimum atomic E-state index is -1.11. The van der Waals surface area contributed by atoms with Crippen molar-refractivity contribution in [2.24, 2.45) is 10.9 Å². The van der Waals surface area contributed by atoms with Crippen molar-refractivity contribution in [3.63, 3.8) is 0 Å². The number of alkyl halides is 1. The molecule has 0 spiro atoms. The maximum absolute atomic E-state index is 13.4. The number of nitrogens with zero attached hydrogens (tertiary/aromatic N) is 1. The molecule has 2 unspecified atom stereocenters. The summed E-state index contributed by atoms with van der Waals surface area (Å²) in [6, 6.07) is 0. The Hall–Kier alpha value is -0.690. The number of carbonyl (C=O) groups excluding carboxylic acids is 1. The van der Waals surface area contributed by atoms with E-state index in [1.54, 1.807) is 6.92 Å². The Balaban J connectivity index is 2.50. The van der Waals surface area contributed by atoms with Crippen molar-refractivity contribution < 1.29 is 9.18 Å². The van der Waals surface area contributed by atoms with Gasteiger partial charge in [-0.3, -0.25) is 0 Å². The first-order valence-corrected chi connectivity index (χ1v) is 3.89. The van der Waals surface area contributed by atoms with Crippen LogP contribution < -0.4 is 0 Å². The summed E-state index contributed by atoms with van der Waals surface area (Å²) in [5, 5.41) is 0. The van der Waals surface area contributed by atoms with Gasteiger partial charge in [-0.15, -0.1) is 0 Å². The van der Waals surface area contributed by atoms with Crippen LogP contribution in [0.2, 0.25) is 0 Å². The lowest BCUT2D eigenvalue weighted by Gasteiger charge is -2.19. The van der Waals surface area contributed by atoms with Gasteiger partial charge in [0.2, 0.25) is 6.08 Å². The van der Waals surface area contributed by atoms with Crippen molar-refractivity contribution in [3.05, 3.63) is 0 Å². The summed E-state index contributed by atoms with van der Waals surface area (Å²) in [5.41, 5.74) is -1.11. The molecule has 2 atom stereocenters. The molecule has 1 rings (SSSR count). The van der Waals surface area contributed by atoms with Crippen molar-refractivity contribution in [2.45, 2.75) is 31.9 Å². The van der Waals surface area contributed by atoms with E-state index in [9.17, 15) is 9.18 Å². The van der Waals surface area contributed by atoms with E-state index in [4.69, 9.17) is 0 Å². The fourth-order valence-corrected chi connectivity index (χ4v) is 1.63. The molecule has 1 aliphatic rings. The molecule has 1 aliphatic carbocycles. The van der Waals surface area contributed by atoms with E-state index in [0.29, 0.717) is 13.0 Å². The maximum Gasteiger partial charge on any atom is 0.234 e. The van der Waals surface area contributed by atoms with Crippen LogP contribution in [0.25, 0.3) is 0 Å². The van der Waals surface area contributed by atoms with Gasteiger partial charge in [0.25, 0.3) is 0 Å². The Kier molecular flexibility index (Phi) is 2.40. The minimum Gasteiger partial charge on any atom is -0.244 e. The molecule has 11 heavy (non-hydrogen) atoms. The first-order valence-electron chi connectivity index (χ1n) is 3.89. The first kappa shape index (κ1) is 8.41. The smallest absolute Gasteiger partial charge is 0.234 e. The molecule has 3 heteroatoms. The van der Waals surface area contributed by atoms with E-state index in [1.807, 2.05) is 0 Å². The second-order valence-electron chi connectivity index (χ2n) is 3.30. The summed E-state index contributed by atoms with van der Waals surface area (Å²) < 4.78 is 13.4. The van der Waals surface area contributed by atoms with E-state index < -0.39 is 5.67 Å². The highest BCUT2D eigenvalue weighted by molar-refractivity contribution is 5.32. The molecule has 0 aromatic carbocycles. The summed E-state index contributed by atoms with van der Waals surface area (Å²) in [4.78, 5) is 13.2. The average Bonchev–Trinajstić information content (AvgIpc) is 2.25. The number of hydrogen-bond acceptors (Lipinski definition) is 2. The van der Waals surface area contributed by atoms with Crippen LogP contribution in [0.4, 0.5) is 4.39 Å². The van der Waals surface area contributed by atoms with Crippen LogP contribution in [0.1, 0.15) is 26.2 Å². The highest BCUT2D eigenvalue weighted by Gasteiger charge is 2.38. The van der Waals surface area contributed by atoms with Gasteiger partial charge in [0, 0.05) is 5.92 Å². The molecule has 0 amide bonds. The van der Waals surface area contributed by atoms with Gasteiger partial charge in [-0.05, 0) is 26.2 Å². The van der Waals surface area contributed by atoms with Crippen LogP contribution in [0.5, 0.6) is 0 Å². The maximum atomic E-state index is 13.4. The minimum absolute atomic E-state index is 0.0658. The molecule has 0 radical (unpaired) electrons. The van der Waals surface area contributed by atoms with Crippen molar-refractivity contribution in [2.75, 3.05) is 6.54 Å². The molecule has 0 aliphatic heterocycles. The van der Waals surface area contributed by atoms with Gasteiger partial charge in [-0.25, -0.2) is 14.2 Å². The van der Waals surface area contributed by atoms with Crippen LogP contribution in [0.3, 0.4) is 0 Å². The number of hydrogen-bond donors (Lipinski definition) is 0. The molecule has 0 aromatic rings. The average molecular weight is 157 g/mol. The Morgan fingerprint density at radius 3 is 3.00 bits per heavy atom. The van der Waals surface area contributed by atoms with Gasteiger partial charge >= 0.3 is 0 Å². The van der Waals surface area contributed by atoms with Gasteiger partial charge in [-0.2, -0.15) is 0 Å². The fourth-order valence-electron chi connectivity index (χ4n) is 1.63. The molecule has 62 valence electrons. The van der Waals surface area contributed by atoms with Crippen LogP contribution >= 0.6 is 0 Å².